The summed E-state index contributed by atoms with van der Waals surface area (Å²) in [5, 5.41) is 6.19. The maximum absolute atomic E-state index is 11.9. The van der Waals surface area contributed by atoms with Gasteiger partial charge < -0.3 is 24.3 Å². The topological polar surface area (TPSA) is 115 Å². The SMILES string of the molecule is COCCOCCOCCOCCNC(=O)c1ccc(N=[N+]=[N-])cc1. The van der Waals surface area contributed by atoms with E-state index < -0.39 is 0 Å². The molecule has 0 saturated heterocycles. The summed E-state index contributed by atoms with van der Waals surface area (Å²) in [5.41, 5.74) is 9.28. The maximum atomic E-state index is 11.9. The van der Waals surface area contributed by atoms with Crippen LogP contribution in [-0.4, -0.2) is 65.8 Å². The van der Waals surface area contributed by atoms with Crippen LogP contribution in [-0.2, 0) is 18.9 Å². The lowest BCUT2D eigenvalue weighted by Gasteiger charge is -2.08. The zero-order chi connectivity index (χ0) is 18.2. The van der Waals surface area contributed by atoms with E-state index in [-0.39, 0.29) is 5.91 Å². The number of amides is 1. The van der Waals surface area contributed by atoms with E-state index in [2.05, 4.69) is 15.3 Å². The molecule has 0 fully saturated rings. The Morgan fingerprint density at radius 3 is 2.12 bits per heavy atom. The Hall–Kier alpha value is -2.16. The molecule has 1 rings (SSSR count). The van der Waals surface area contributed by atoms with E-state index in [1.54, 1.807) is 31.4 Å². The van der Waals surface area contributed by atoms with Crippen molar-refractivity contribution in [2.75, 3.05) is 59.9 Å². The molecule has 0 radical (unpaired) electrons. The quantitative estimate of drug-likeness (QED) is 0.238. The summed E-state index contributed by atoms with van der Waals surface area (Å²) in [5.74, 6) is -0.208. The summed E-state index contributed by atoms with van der Waals surface area (Å²) in [6, 6.07) is 6.37. The average Bonchev–Trinajstić information content (AvgIpc) is 2.63. The van der Waals surface area contributed by atoms with E-state index in [0.717, 1.165) is 0 Å². The average molecular weight is 352 g/mol. The standard InChI is InChI=1S/C16H24N4O5/c1-22-8-9-24-12-13-25-11-10-23-7-6-18-16(21)14-2-4-15(5-3-14)19-20-17/h2-5H,6-13H2,1H3,(H,18,21). The molecule has 0 aliphatic heterocycles. The Kier molecular flexibility index (Phi) is 11.9. The first-order valence-corrected chi connectivity index (χ1v) is 7.93. The van der Waals surface area contributed by atoms with Crippen LogP contribution in [0.2, 0.25) is 0 Å². The van der Waals surface area contributed by atoms with Crippen LogP contribution in [0.15, 0.2) is 29.4 Å². The Morgan fingerprint density at radius 2 is 1.56 bits per heavy atom. The minimum absolute atomic E-state index is 0.208. The van der Waals surface area contributed by atoms with Crippen molar-refractivity contribution in [1.82, 2.24) is 5.32 Å². The van der Waals surface area contributed by atoms with Crippen molar-refractivity contribution in [3.8, 4) is 0 Å². The molecule has 0 bridgehead atoms. The number of nitrogens with zero attached hydrogens (tertiary/aromatic N) is 3. The lowest BCUT2D eigenvalue weighted by molar-refractivity contribution is 0.00415. The fourth-order valence-electron chi connectivity index (χ4n) is 1.75. The minimum atomic E-state index is -0.208. The van der Waals surface area contributed by atoms with Gasteiger partial charge in [-0.25, -0.2) is 0 Å². The molecule has 9 nitrogen and oxygen atoms in total. The van der Waals surface area contributed by atoms with Crippen molar-refractivity contribution in [1.29, 1.82) is 0 Å². The van der Waals surface area contributed by atoms with Gasteiger partial charge in [0.25, 0.3) is 5.91 Å². The molecule has 0 aliphatic carbocycles. The minimum Gasteiger partial charge on any atom is -0.382 e. The van der Waals surface area contributed by atoms with Gasteiger partial charge in [-0.15, -0.1) is 0 Å². The first-order valence-electron chi connectivity index (χ1n) is 7.93. The molecule has 0 heterocycles. The van der Waals surface area contributed by atoms with Gasteiger partial charge in [-0.2, -0.15) is 0 Å². The number of carbonyl (C=O) groups is 1. The van der Waals surface area contributed by atoms with E-state index in [1.807, 2.05) is 0 Å². The molecule has 0 aromatic heterocycles. The molecular formula is C16H24N4O5. The van der Waals surface area contributed by atoms with Crippen LogP contribution in [0.3, 0.4) is 0 Å². The molecule has 138 valence electrons. The first kappa shape index (κ1) is 20.9. The van der Waals surface area contributed by atoms with Gasteiger partial charge in [0.05, 0.1) is 46.2 Å². The Bertz CT molecular complexity index is 532. The van der Waals surface area contributed by atoms with E-state index in [1.165, 1.54) is 0 Å². The summed E-state index contributed by atoms with van der Waals surface area (Å²) in [6.45, 7) is 3.90. The molecule has 0 saturated carbocycles. The number of azide groups is 1. The van der Waals surface area contributed by atoms with Gasteiger partial charge >= 0.3 is 0 Å². The number of nitrogens with one attached hydrogen (secondary N) is 1. The van der Waals surface area contributed by atoms with E-state index in [4.69, 9.17) is 24.5 Å². The Morgan fingerprint density at radius 1 is 1.00 bits per heavy atom. The molecule has 1 amide bonds. The highest BCUT2D eigenvalue weighted by atomic mass is 16.6. The molecular weight excluding hydrogens is 328 g/mol. The van der Waals surface area contributed by atoms with Gasteiger partial charge in [-0.05, 0) is 17.7 Å². The molecule has 1 aromatic rings. The van der Waals surface area contributed by atoms with Gasteiger partial charge in [-0.3, -0.25) is 4.79 Å². The second-order valence-corrected chi connectivity index (χ2v) is 4.82. The van der Waals surface area contributed by atoms with E-state index in [9.17, 15) is 4.79 Å². The summed E-state index contributed by atoms with van der Waals surface area (Å²) < 4.78 is 20.8. The van der Waals surface area contributed by atoms with Crippen LogP contribution in [0.1, 0.15) is 10.4 Å². The van der Waals surface area contributed by atoms with Gasteiger partial charge in [0, 0.05) is 29.8 Å². The second-order valence-electron chi connectivity index (χ2n) is 4.82. The van der Waals surface area contributed by atoms with Crippen molar-refractivity contribution in [2.24, 2.45) is 5.11 Å². The number of hydrogen-bond donors (Lipinski definition) is 1. The third-order valence-corrected chi connectivity index (χ3v) is 3.00. The van der Waals surface area contributed by atoms with Crippen LogP contribution < -0.4 is 5.32 Å². The molecule has 9 heteroatoms. The van der Waals surface area contributed by atoms with Crippen molar-refractivity contribution in [3.63, 3.8) is 0 Å². The Balaban J connectivity index is 1.98. The van der Waals surface area contributed by atoms with Crippen molar-refractivity contribution < 1.29 is 23.7 Å². The Labute approximate surface area is 146 Å². The predicted molar refractivity (Wildman–Crippen MR) is 91.9 cm³/mol. The van der Waals surface area contributed by atoms with Crippen LogP contribution in [0, 0.1) is 0 Å². The van der Waals surface area contributed by atoms with Crippen LogP contribution in [0.5, 0.6) is 0 Å². The number of benzene rings is 1. The molecule has 0 unspecified atom stereocenters. The van der Waals surface area contributed by atoms with Crippen molar-refractivity contribution in [3.05, 3.63) is 40.3 Å². The van der Waals surface area contributed by atoms with Gasteiger partial charge in [-0.1, -0.05) is 17.2 Å². The first-order chi connectivity index (χ1) is 12.3. The molecule has 0 aliphatic rings. The van der Waals surface area contributed by atoms with Gasteiger partial charge in [0.1, 0.15) is 0 Å². The van der Waals surface area contributed by atoms with E-state index >= 15 is 0 Å². The van der Waals surface area contributed by atoms with Crippen molar-refractivity contribution >= 4 is 11.6 Å². The summed E-state index contributed by atoms with van der Waals surface area (Å²) in [4.78, 5) is 14.6. The number of methoxy groups -OCH3 is 1. The summed E-state index contributed by atoms with van der Waals surface area (Å²) in [6.07, 6.45) is 0. The zero-order valence-corrected chi connectivity index (χ0v) is 14.3. The summed E-state index contributed by atoms with van der Waals surface area (Å²) >= 11 is 0. The highest BCUT2D eigenvalue weighted by Gasteiger charge is 2.04. The molecule has 1 aromatic carbocycles. The smallest absolute Gasteiger partial charge is 0.251 e. The van der Waals surface area contributed by atoms with Crippen LogP contribution in [0.4, 0.5) is 5.69 Å². The zero-order valence-electron chi connectivity index (χ0n) is 14.3. The molecule has 1 N–H and O–H groups in total. The highest BCUT2D eigenvalue weighted by Crippen LogP contribution is 2.12. The van der Waals surface area contributed by atoms with Crippen LogP contribution >= 0.6 is 0 Å². The fraction of sp³-hybridized carbons (Fsp3) is 0.562. The number of ether oxygens (including phenoxy) is 4. The normalized spacial score (nSPS) is 10.3. The summed E-state index contributed by atoms with van der Waals surface area (Å²) in [7, 11) is 1.63. The second kappa shape index (κ2) is 14.2. The third kappa shape index (κ3) is 10.3. The van der Waals surface area contributed by atoms with Gasteiger partial charge in [0.15, 0.2) is 0 Å². The molecule has 0 spiro atoms. The number of carbonyl (C=O) groups excluding carboxylic acids is 1. The third-order valence-electron chi connectivity index (χ3n) is 3.00. The largest absolute Gasteiger partial charge is 0.382 e. The van der Waals surface area contributed by atoms with Crippen molar-refractivity contribution in [2.45, 2.75) is 0 Å². The fourth-order valence-corrected chi connectivity index (χ4v) is 1.75. The predicted octanol–water partition coefficient (Wildman–Crippen LogP) is 2.05. The monoisotopic (exact) mass is 352 g/mol. The maximum Gasteiger partial charge on any atom is 0.251 e. The van der Waals surface area contributed by atoms with Crippen LogP contribution in [0.25, 0.3) is 10.4 Å². The lowest BCUT2D eigenvalue weighted by Crippen LogP contribution is -2.27. The van der Waals surface area contributed by atoms with Gasteiger partial charge in [0.2, 0.25) is 0 Å². The van der Waals surface area contributed by atoms with E-state index in [0.29, 0.717) is 64.0 Å². The lowest BCUT2D eigenvalue weighted by atomic mass is 10.2. The molecule has 0 atom stereocenters. The highest BCUT2D eigenvalue weighted by molar-refractivity contribution is 5.94. The molecule has 25 heavy (non-hydrogen) atoms. The number of hydrogen-bond acceptors (Lipinski definition) is 6. The number of rotatable bonds is 14.